The van der Waals surface area contributed by atoms with Gasteiger partial charge in [0.25, 0.3) is 0 Å². The fourth-order valence-electron chi connectivity index (χ4n) is 2.97. The summed E-state index contributed by atoms with van der Waals surface area (Å²) in [6.07, 6.45) is 2.25. The Hall–Kier alpha value is -1.26. The van der Waals surface area contributed by atoms with E-state index in [1.165, 1.54) is 6.42 Å². The zero-order chi connectivity index (χ0) is 14.2. The summed E-state index contributed by atoms with van der Waals surface area (Å²) in [5.74, 6) is -0.467. The number of nitrogens with zero attached hydrogens (tertiary/aromatic N) is 2. The van der Waals surface area contributed by atoms with Crippen LogP contribution in [0.3, 0.4) is 0 Å². The molecule has 19 heavy (non-hydrogen) atoms. The van der Waals surface area contributed by atoms with Crippen LogP contribution in [0.15, 0.2) is 0 Å². The van der Waals surface area contributed by atoms with Gasteiger partial charge in [0, 0.05) is 31.6 Å². The van der Waals surface area contributed by atoms with Gasteiger partial charge in [0.05, 0.1) is 5.92 Å². The van der Waals surface area contributed by atoms with Gasteiger partial charge in [-0.15, -0.1) is 0 Å². The van der Waals surface area contributed by atoms with E-state index in [1.807, 2.05) is 4.90 Å². The minimum Gasteiger partial charge on any atom is -0.481 e. The maximum atomic E-state index is 12.4. The lowest BCUT2D eigenvalue weighted by Crippen LogP contribution is -2.60. The highest BCUT2D eigenvalue weighted by Gasteiger charge is 2.40. The first-order valence-electron chi connectivity index (χ1n) is 7.20. The molecule has 2 aliphatic heterocycles. The maximum Gasteiger partial charge on any atom is 0.320 e. The Kier molecular flexibility index (Phi) is 4.02. The zero-order valence-corrected chi connectivity index (χ0v) is 12.0. The summed E-state index contributed by atoms with van der Waals surface area (Å²) in [5.41, 5.74) is 0. The Labute approximate surface area is 114 Å². The maximum absolute atomic E-state index is 12.4. The van der Waals surface area contributed by atoms with Crippen LogP contribution in [-0.2, 0) is 4.79 Å². The normalized spacial score (nSPS) is 29.8. The van der Waals surface area contributed by atoms with Gasteiger partial charge < -0.3 is 14.9 Å². The van der Waals surface area contributed by atoms with Crippen molar-refractivity contribution in [1.82, 2.24) is 9.80 Å². The quantitative estimate of drug-likeness (QED) is 0.831. The molecule has 3 unspecified atom stereocenters. The third kappa shape index (κ3) is 2.69. The summed E-state index contributed by atoms with van der Waals surface area (Å²) in [7, 11) is 0. The number of hydrogen-bond donors (Lipinski definition) is 1. The summed E-state index contributed by atoms with van der Waals surface area (Å²) < 4.78 is 0. The molecule has 0 aromatic carbocycles. The van der Waals surface area contributed by atoms with Crippen LogP contribution in [0.4, 0.5) is 4.79 Å². The summed E-state index contributed by atoms with van der Waals surface area (Å²) in [6.45, 7) is 8.03. The molecule has 2 amide bonds. The smallest absolute Gasteiger partial charge is 0.320 e. The summed E-state index contributed by atoms with van der Waals surface area (Å²) in [5, 5.41) is 8.95. The number of hydrogen-bond acceptors (Lipinski definition) is 2. The van der Waals surface area contributed by atoms with Crippen molar-refractivity contribution >= 4 is 12.0 Å². The molecule has 0 bridgehead atoms. The minimum absolute atomic E-state index is 0.0906. The van der Waals surface area contributed by atoms with Gasteiger partial charge in [0.2, 0.25) is 0 Å². The number of urea groups is 1. The first kappa shape index (κ1) is 14.2. The van der Waals surface area contributed by atoms with Crippen molar-refractivity contribution in [2.24, 2.45) is 17.8 Å². The van der Waals surface area contributed by atoms with Crippen molar-refractivity contribution in [3.05, 3.63) is 0 Å². The second-order valence-electron chi connectivity index (χ2n) is 6.13. The van der Waals surface area contributed by atoms with Gasteiger partial charge in [-0.2, -0.15) is 0 Å². The van der Waals surface area contributed by atoms with Gasteiger partial charge in [0.15, 0.2) is 0 Å². The molecular formula is C14H24N2O3. The molecule has 0 saturated carbocycles. The summed E-state index contributed by atoms with van der Waals surface area (Å²) in [4.78, 5) is 27.0. The van der Waals surface area contributed by atoms with Crippen LogP contribution in [0.2, 0.25) is 0 Å². The average molecular weight is 268 g/mol. The van der Waals surface area contributed by atoms with Gasteiger partial charge in [-0.05, 0) is 25.7 Å². The molecule has 5 heteroatoms. The monoisotopic (exact) mass is 268 g/mol. The van der Waals surface area contributed by atoms with Crippen molar-refractivity contribution < 1.29 is 14.7 Å². The molecule has 0 aromatic heterocycles. The Morgan fingerprint density at radius 3 is 2.47 bits per heavy atom. The second kappa shape index (κ2) is 5.39. The molecule has 0 radical (unpaired) electrons. The van der Waals surface area contributed by atoms with Gasteiger partial charge in [-0.25, -0.2) is 4.79 Å². The number of aliphatic carboxylic acids is 1. The van der Waals surface area contributed by atoms with Gasteiger partial charge in [-0.3, -0.25) is 4.79 Å². The largest absolute Gasteiger partial charge is 0.481 e. The lowest BCUT2D eigenvalue weighted by Gasteiger charge is -2.47. The number of amides is 2. The van der Waals surface area contributed by atoms with Crippen LogP contribution in [0, 0.1) is 17.8 Å². The predicted octanol–water partition coefficient (Wildman–Crippen LogP) is 1.88. The molecule has 3 atom stereocenters. The Balaban J connectivity index is 1.87. The Morgan fingerprint density at radius 2 is 1.89 bits per heavy atom. The first-order chi connectivity index (χ1) is 8.91. The molecule has 2 fully saturated rings. The molecule has 0 aliphatic carbocycles. The molecule has 2 aliphatic rings. The predicted molar refractivity (Wildman–Crippen MR) is 71.8 cm³/mol. The van der Waals surface area contributed by atoms with Gasteiger partial charge in [0.1, 0.15) is 0 Å². The highest BCUT2D eigenvalue weighted by Crippen LogP contribution is 2.29. The van der Waals surface area contributed by atoms with Crippen molar-refractivity contribution in [3.8, 4) is 0 Å². The fourth-order valence-corrected chi connectivity index (χ4v) is 2.97. The lowest BCUT2D eigenvalue weighted by atomic mass is 9.87. The van der Waals surface area contributed by atoms with Crippen LogP contribution < -0.4 is 0 Å². The van der Waals surface area contributed by atoms with Crippen LogP contribution in [-0.4, -0.2) is 52.6 Å². The summed E-state index contributed by atoms with van der Waals surface area (Å²) >= 11 is 0. The molecule has 0 spiro atoms. The zero-order valence-electron chi connectivity index (χ0n) is 12.0. The van der Waals surface area contributed by atoms with Gasteiger partial charge >= 0.3 is 12.0 Å². The van der Waals surface area contributed by atoms with E-state index in [9.17, 15) is 9.59 Å². The molecule has 0 aromatic rings. The van der Waals surface area contributed by atoms with Crippen molar-refractivity contribution in [2.75, 3.05) is 19.6 Å². The van der Waals surface area contributed by atoms with Crippen molar-refractivity contribution in [1.29, 1.82) is 0 Å². The number of carboxylic acid groups (broad SMARTS) is 1. The third-order valence-corrected chi connectivity index (χ3v) is 4.90. The SMILES string of the molecule is CC1CCCN(C(=O)N2CC(C(C)C(=O)O)C2)C1C. The number of piperidine rings is 1. The van der Waals surface area contributed by atoms with Crippen LogP contribution in [0.25, 0.3) is 0 Å². The number of carbonyl (C=O) groups excluding carboxylic acids is 1. The number of likely N-dealkylation sites (tertiary alicyclic amines) is 2. The van der Waals surface area contributed by atoms with Crippen LogP contribution in [0.5, 0.6) is 0 Å². The van der Waals surface area contributed by atoms with E-state index < -0.39 is 5.97 Å². The minimum atomic E-state index is -0.767. The average Bonchev–Trinajstić information content (AvgIpc) is 2.30. The first-order valence-corrected chi connectivity index (χ1v) is 7.20. The van der Waals surface area contributed by atoms with E-state index in [0.29, 0.717) is 19.0 Å². The molecule has 1 N–H and O–H groups in total. The van der Waals surface area contributed by atoms with E-state index >= 15 is 0 Å². The van der Waals surface area contributed by atoms with E-state index in [2.05, 4.69) is 13.8 Å². The number of carbonyl (C=O) groups is 2. The Morgan fingerprint density at radius 1 is 1.26 bits per heavy atom. The van der Waals surface area contributed by atoms with Crippen molar-refractivity contribution in [2.45, 2.75) is 39.7 Å². The van der Waals surface area contributed by atoms with E-state index in [0.717, 1.165) is 13.0 Å². The van der Waals surface area contributed by atoms with Crippen LogP contribution in [0.1, 0.15) is 33.6 Å². The lowest BCUT2D eigenvalue weighted by molar-refractivity contribution is -0.145. The highest BCUT2D eigenvalue weighted by molar-refractivity contribution is 5.77. The topological polar surface area (TPSA) is 60.9 Å². The molecule has 2 saturated heterocycles. The van der Waals surface area contributed by atoms with E-state index in [-0.39, 0.29) is 23.9 Å². The van der Waals surface area contributed by atoms with E-state index in [1.54, 1.807) is 11.8 Å². The number of rotatable bonds is 2. The number of carboxylic acids is 1. The molecule has 2 rings (SSSR count). The van der Waals surface area contributed by atoms with Gasteiger partial charge in [-0.1, -0.05) is 13.8 Å². The van der Waals surface area contributed by atoms with Crippen LogP contribution >= 0.6 is 0 Å². The fraction of sp³-hybridized carbons (Fsp3) is 0.857. The molecule has 108 valence electrons. The second-order valence-corrected chi connectivity index (χ2v) is 6.13. The third-order valence-electron chi connectivity index (χ3n) is 4.90. The standard InChI is InChI=1S/C14H24N2O3/c1-9-5-4-6-16(11(9)3)14(19)15-7-12(8-15)10(2)13(17)18/h9-12H,4-8H2,1-3H3,(H,17,18). The molecular weight excluding hydrogens is 244 g/mol. The molecule has 2 heterocycles. The summed E-state index contributed by atoms with van der Waals surface area (Å²) in [6, 6.07) is 0.380. The Bertz CT molecular complexity index is 366. The van der Waals surface area contributed by atoms with Crippen molar-refractivity contribution in [3.63, 3.8) is 0 Å². The van der Waals surface area contributed by atoms with E-state index in [4.69, 9.17) is 5.11 Å². The molecule has 5 nitrogen and oxygen atoms in total. The highest BCUT2D eigenvalue weighted by atomic mass is 16.4.